The van der Waals surface area contributed by atoms with Crippen LogP contribution < -0.4 is 15.8 Å². The molecule has 2 aromatic rings. The Balaban J connectivity index is 0.000000941. The molecule has 0 saturated carbocycles. The maximum atomic E-state index is 12.9. The summed E-state index contributed by atoms with van der Waals surface area (Å²) < 4.78 is 69.2. The van der Waals surface area contributed by atoms with Gasteiger partial charge in [-0.3, -0.25) is 9.78 Å². The molecular formula is C24H29ClF6N4O6. The molecule has 10 nitrogen and oxygen atoms in total. The monoisotopic (exact) mass is 618 g/mol. The van der Waals surface area contributed by atoms with Gasteiger partial charge in [-0.1, -0.05) is 11.6 Å². The van der Waals surface area contributed by atoms with Crippen LogP contribution in [0.4, 0.5) is 32.0 Å². The molecule has 1 aromatic heterocycles. The zero-order chi connectivity index (χ0) is 31.8. The zero-order valence-corrected chi connectivity index (χ0v) is 22.6. The maximum absolute atomic E-state index is 12.9. The maximum Gasteiger partial charge on any atom is 0.490 e. The topological polar surface area (TPSA) is 155 Å². The molecule has 0 atom stereocenters. The number of rotatable bonds is 10. The van der Waals surface area contributed by atoms with E-state index in [9.17, 15) is 31.1 Å². The smallest absolute Gasteiger partial charge is 0.490 e. The molecule has 0 bridgehead atoms. The van der Waals surface area contributed by atoms with Crippen LogP contribution in [0.5, 0.6) is 5.75 Å². The number of pyridine rings is 1. The first-order chi connectivity index (χ1) is 18.9. The van der Waals surface area contributed by atoms with Gasteiger partial charge in [-0.05, 0) is 57.1 Å². The van der Waals surface area contributed by atoms with Crippen LogP contribution in [0.3, 0.4) is 0 Å². The lowest BCUT2D eigenvalue weighted by molar-refractivity contribution is -0.193. The van der Waals surface area contributed by atoms with Gasteiger partial charge in [0.05, 0.1) is 0 Å². The van der Waals surface area contributed by atoms with Crippen LogP contribution in [0.15, 0.2) is 42.7 Å². The number of carboxylic acids is 2. The number of anilines is 1. The Bertz CT molecular complexity index is 1080. The summed E-state index contributed by atoms with van der Waals surface area (Å²) in [5.41, 5.74) is 7.08. The summed E-state index contributed by atoms with van der Waals surface area (Å²) >= 11 is 6.20. The number of alkyl halides is 6. The number of amides is 1. The minimum Gasteiger partial charge on any atom is -0.492 e. The molecule has 230 valence electrons. The van der Waals surface area contributed by atoms with Crippen LogP contribution >= 0.6 is 11.6 Å². The van der Waals surface area contributed by atoms with Crippen LogP contribution in [0.25, 0.3) is 0 Å². The molecule has 0 radical (unpaired) electrons. The number of aromatic nitrogens is 1. The van der Waals surface area contributed by atoms with E-state index in [2.05, 4.69) is 10.3 Å². The van der Waals surface area contributed by atoms with Crippen LogP contribution in [0.1, 0.15) is 30.6 Å². The minimum absolute atomic E-state index is 0.0688. The number of nitrogens with one attached hydrogen (secondary N) is 1. The Labute approximate surface area is 236 Å². The van der Waals surface area contributed by atoms with Gasteiger partial charge in [0, 0.05) is 47.8 Å². The molecule has 0 spiro atoms. The first-order valence-electron chi connectivity index (χ1n) is 11.6. The van der Waals surface area contributed by atoms with Crippen molar-refractivity contribution in [2.24, 2.45) is 5.73 Å². The van der Waals surface area contributed by atoms with Gasteiger partial charge >= 0.3 is 24.3 Å². The molecule has 5 N–H and O–H groups in total. The molecule has 0 aliphatic rings. The van der Waals surface area contributed by atoms with E-state index in [1.807, 2.05) is 26.0 Å². The summed E-state index contributed by atoms with van der Waals surface area (Å²) in [4.78, 5) is 36.4. The number of nitrogens with two attached hydrogens (primary N) is 1. The molecule has 1 heterocycles. The Hall–Kier alpha value is -3.79. The third-order valence-corrected chi connectivity index (χ3v) is 4.69. The van der Waals surface area contributed by atoms with Gasteiger partial charge in [0.2, 0.25) is 0 Å². The van der Waals surface area contributed by atoms with E-state index in [1.165, 1.54) is 0 Å². The largest absolute Gasteiger partial charge is 0.492 e. The molecule has 0 aliphatic carbocycles. The van der Waals surface area contributed by atoms with Crippen molar-refractivity contribution in [1.82, 2.24) is 9.88 Å². The van der Waals surface area contributed by atoms with Crippen molar-refractivity contribution >= 4 is 35.1 Å². The Morgan fingerprint density at radius 1 is 1.02 bits per heavy atom. The number of hydrogen-bond acceptors (Lipinski definition) is 7. The number of carbonyl (C=O) groups excluding carboxylic acids is 1. The molecule has 2 rings (SSSR count). The molecule has 0 aliphatic heterocycles. The minimum atomic E-state index is -5.08. The summed E-state index contributed by atoms with van der Waals surface area (Å²) in [6.45, 7) is 6.20. The van der Waals surface area contributed by atoms with E-state index in [0.717, 1.165) is 12.1 Å². The van der Waals surface area contributed by atoms with Gasteiger partial charge in [-0.15, -0.1) is 0 Å². The van der Waals surface area contributed by atoms with Crippen molar-refractivity contribution in [3.05, 3.63) is 53.3 Å². The number of halogens is 7. The van der Waals surface area contributed by atoms with Gasteiger partial charge in [-0.2, -0.15) is 26.3 Å². The normalized spacial score (nSPS) is 10.9. The highest BCUT2D eigenvalue weighted by Gasteiger charge is 2.38. The zero-order valence-electron chi connectivity index (χ0n) is 21.8. The van der Waals surface area contributed by atoms with Crippen molar-refractivity contribution in [1.29, 1.82) is 0 Å². The highest BCUT2D eigenvalue weighted by atomic mass is 35.5. The summed E-state index contributed by atoms with van der Waals surface area (Å²) in [6.07, 6.45) is -5.96. The van der Waals surface area contributed by atoms with Gasteiger partial charge in [0.15, 0.2) is 0 Å². The second-order valence-corrected chi connectivity index (χ2v) is 8.46. The van der Waals surface area contributed by atoms with Crippen molar-refractivity contribution in [2.45, 2.75) is 38.7 Å². The fourth-order valence-electron chi connectivity index (χ4n) is 2.63. The lowest BCUT2D eigenvalue weighted by Gasteiger charge is -2.27. The van der Waals surface area contributed by atoms with E-state index < -0.39 is 24.3 Å². The van der Waals surface area contributed by atoms with Crippen molar-refractivity contribution < 1.29 is 55.7 Å². The standard InChI is InChI=1S/C20H27ClN4O2.2C2HF3O2/c1-15(2)25(10-3-6-22)20(26)16-12-17(21)14-19(13-16)27-11-9-24-18-4-7-23-8-5-18;2*3-2(4,5)1(6)7/h4-5,7-8,12-15H,3,6,9-11,22H2,1-2H3,(H,23,24);2*(H,6,7). The number of carboxylic acid groups (broad SMARTS) is 2. The highest BCUT2D eigenvalue weighted by Crippen LogP contribution is 2.23. The van der Waals surface area contributed by atoms with Crippen LogP contribution in [0.2, 0.25) is 5.02 Å². The molecule has 1 amide bonds. The molecule has 1 aromatic carbocycles. The van der Waals surface area contributed by atoms with E-state index in [4.69, 9.17) is 41.9 Å². The Kier molecular flexibility index (Phi) is 16.2. The van der Waals surface area contributed by atoms with Gasteiger partial charge < -0.3 is 30.9 Å². The van der Waals surface area contributed by atoms with Crippen molar-refractivity contribution in [3.8, 4) is 5.75 Å². The lowest BCUT2D eigenvalue weighted by Crippen LogP contribution is -2.38. The molecule has 0 fully saturated rings. The predicted octanol–water partition coefficient (Wildman–Crippen LogP) is 4.69. The van der Waals surface area contributed by atoms with Gasteiger partial charge in [0.1, 0.15) is 12.4 Å². The molecule has 17 heteroatoms. The number of hydrogen-bond donors (Lipinski definition) is 4. The number of benzene rings is 1. The van der Waals surface area contributed by atoms with Crippen molar-refractivity contribution in [3.63, 3.8) is 0 Å². The van der Waals surface area contributed by atoms with E-state index in [-0.39, 0.29) is 11.9 Å². The number of nitrogens with zero attached hydrogens (tertiary/aromatic N) is 2. The molecule has 0 unspecified atom stereocenters. The van der Waals surface area contributed by atoms with E-state index in [1.54, 1.807) is 35.5 Å². The summed E-state index contributed by atoms with van der Waals surface area (Å²) in [6, 6.07) is 8.97. The van der Waals surface area contributed by atoms with Crippen LogP contribution in [-0.2, 0) is 9.59 Å². The van der Waals surface area contributed by atoms with Crippen molar-refractivity contribution in [2.75, 3.05) is 31.6 Å². The summed E-state index contributed by atoms with van der Waals surface area (Å²) in [5.74, 6) is -5.01. The third-order valence-electron chi connectivity index (χ3n) is 4.47. The fourth-order valence-corrected chi connectivity index (χ4v) is 2.85. The number of carbonyl (C=O) groups is 3. The predicted molar refractivity (Wildman–Crippen MR) is 137 cm³/mol. The summed E-state index contributed by atoms with van der Waals surface area (Å²) in [5, 5.41) is 18.0. The molecule has 41 heavy (non-hydrogen) atoms. The Morgan fingerprint density at radius 2 is 1.54 bits per heavy atom. The SMILES string of the molecule is CC(C)N(CCCN)C(=O)c1cc(Cl)cc(OCCNc2ccncc2)c1.O=C(O)C(F)(F)F.O=C(O)C(F)(F)F. The van der Waals surface area contributed by atoms with Gasteiger partial charge in [0.25, 0.3) is 5.91 Å². The molecular weight excluding hydrogens is 590 g/mol. The second kappa shape index (κ2) is 17.8. The molecule has 0 saturated heterocycles. The van der Waals surface area contributed by atoms with E-state index >= 15 is 0 Å². The number of aliphatic carboxylic acids is 2. The lowest BCUT2D eigenvalue weighted by atomic mass is 10.1. The van der Waals surface area contributed by atoms with E-state index in [0.29, 0.717) is 42.6 Å². The Morgan fingerprint density at radius 3 is 1.98 bits per heavy atom. The third kappa shape index (κ3) is 16.2. The van der Waals surface area contributed by atoms with Crippen LogP contribution in [0, 0.1) is 0 Å². The quantitative estimate of drug-likeness (QED) is 0.219. The first-order valence-corrected chi connectivity index (χ1v) is 12.0. The number of ether oxygens (including phenoxy) is 1. The first kappa shape index (κ1) is 37.2. The fraction of sp³-hybridized carbons (Fsp3) is 0.417. The second-order valence-electron chi connectivity index (χ2n) is 8.03. The average molecular weight is 619 g/mol. The summed E-state index contributed by atoms with van der Waals surface area (Å²) in [7, 11) is 0. The average Bonchev–Trinajstić information content (AvgIpc) is 2.86. The van der Waals surface area contributed by atoms with Gasteiger partial charge in [-0.25, -0.2) is 9.59 Å². The highest BCUT2D eigenvalue weighted by molar-refractivity contribution is 6.31. The van der Waals surface area contributed by atoms with Crippen LogP contribution in [-0.4, -0.2) is 82.6 Å².